The van der Waals surface area contributed by atoms with Crippen LogP contribution in [-0.4, -0.2) is 17.9 Å². The van der Waals surface area contributed by atoms with E-state index >= 15 is 0 Å². The predicted octanol–water partition coefficient (Wildman–Crippen LogP) is 4.37. The van der Waals surface area contributed by atoms with Gasteiger partial charge in [0.05, 0.1) is 23.2 Å². The number of anilines is 2. The molecule has 0 saturated carbocycles. The Bertz CT molecular complexity index is 1050. The lowest BCUT2D eigenvalue weighted by Gasteiger charge is -2.37. The summed E-state index contributed by atoms with van der Waals surface area (Å²) < 4.78 is 5.19. The molecule has 0 fully saturated rings. The molecule has 1 aliphatic heterocycles. The molecule has 1 aliphatic rings. The molecule has 3 aromatic carbocycles. The molecule has 7 nitrogen and oxygen atoms in total. The summed E-state index contributed by atoms with van der Waals surface area (Å²) in [5.41, 5.74) is 2.11. The molecule has 1 amide bonds. The summed E-state index contributed by atoms with van der Waals surface area (Å²) in [5, 5.41) is 14.9. The Morgan fingerprint density at radius 3 is 2.39 bits per heavy atom. The van der Waals surface area contributed by atoms with Crippen molar-refractivity contribution in [1.29, 1.82) is 0 Å². The number of nitro groups is 1. The molecule has 1 heterocycles. The van der Waals surface area contributed by atoms with Crippen LogP contribution in [0.3, 0.4) is 0 Å². The first kappa shape index (κ1) is 17.5. The zero-order valence-corrected chi connectivity index (χ0v) is 15.0. The molecule has 140 valence electrons. The van der Waals surface area contributed by atoms with Gasteiger partial charge in [0, 0.05) is 17.4 Å². The molecular weight excluding hydrogens is 358 g/mol. The molecule has 1 N–H and O–H groups in total. The molecule has 7 heteroatoms. The summed E-state index contributed by atoms with van der Waals surface area (Å²) in [6.07, 6.45) is -0.725. The average molecular weight is 375 g/mol. The first-order valence-corrected chi connectivity index (χ1v) is 8.66. The maximum atomic E-state index is 13.3. The second kappa shape index (κ2) is 7.03. The Kier molecular flexibility index (Phi) is 4.41. The van der Waals surface area contributed by atoms with E-state index in [2.05, 4.69) is 5.32 Å². The normalized spacial score (nSPS) is 15.5. The lowest BCUT2D eigenvalue weighted by Crippen LogP contribution is -2.43. The van der Waals surface area contributed by atoms with Gasteiger partial charge in [0.15, 0.2) is 0 Å². The molecule has 28 heavy (non-hydrogen) atoms. The SMILES string of the molecule is COc1ccc(N2C(=O)c3ccccc3NC2c2ccccc2[N+](=O)[O-])cc1. The third-order valence-corrected chi connectivity index (χ3v) is 4.71. The van der Waals surface area contributed by atoms with E-state index in [4.69, 9.17) is 4.74 Å². The van der Waals surface area contributed by atoms with Crippen LogP contribution in [0.4, 0.5) is 17.1 Å². The van der Waals surface area contributed by atoms with Gasteiger partial charge in [0.2, 0.25) is 0 Å². The van der Waals surface area contributed by atoms with Crippen LogP contribution in [-0.2, 0) is 0 Å². The molecule has 4 rings (SSSR count). The number of methoxy groups -OCH3 is 1. The number of fused-ring (bicyclic) bond motifs is 1. The number of carbonyl (C=O) groups excluding carboxylic acids is 1. The van der Waals surface area contributed by atoms with Crippen molar-refractivity contribution in [1.82, 2.24) is 0 Å². The van der Waals surface area contributed by atoms with Crippen molar-refractivity contribution in [3.63, 3.8) is 0 Å². The maximum Gasteiger partial charge on any atom is 0.276 e. The van der Waals surface area contributed by atoms with Gasteiger partial charge in [-0.1, -0.05) is 24.3 Å². The fourth-order valence-corrected chi connectivity index (χ4v) is 3.37. The van der Waals surface area contributed by atoms with Gasteiger partial charge in [-0.05, 0) is 42.5 Å². The fourth-order valence-electron chi connectivity index (χ4n) is 3.37. The van der Waals surface area contributed by atoms with E-state index in [0.717, 1.165) is 0 Å². The molecule has 0 bridgehead atoms. The monoisotopic (exact) mass is 375 g/mol. The van der Waals surface area contributed by atoms with E-state index in [1.165, 1.54) is 11.0 Å². The fraction of sp³-hybridized carbons (Fsp3) is 0.0952. The van der Waals surface area contributed by atoms with Crippen molar-refractivity contribution < 1.29 is 14.5 Å². The van der Waals surface area contributed by atoms with E-state index in [1.807, 2.05) is 6.07 Å². The van der Waals surface area contributed by atoms with Gasteiger partial charge in [-0.15, -0.1) is 0 Å². The largest absolute Gasteiger partial charge is 0.497 e. The summed E-state index contributed by atoms with van der Waals surface area (Å²) in [6, 6.07) is 20.6. The molecule has 0 aliphatic carbocycles. The second-order valence-electron chi connectivity index (χ2n) is 6.28. The third-order valence-electron chi connectivity index (χ3n) is 4.71. The third kappa shape index (κ3) is 2.92. The molecule has 1 unspecified atom stereocenters. The quantitative estimate of drug-likeness (QED) is 0.540. The van der Waals surface area contributed by atoms with Crippen LogP contribution in [0.25, 0.3) is 0 Å². The molecule has 0 radical (unpaired) electrons. The van der Waals surface area contributed by atoms with Gasteiger partial charge < -0.3 is 10.1 Å². The minimum atomic E-state index is -0.725. The van der Waals surface area contributed by atoms with Gasteiger partial charge in [-0.3, -0.25) is 19.8 Å². The lowest BCUT2D eigenvalue weighted by atomic mass is 10.0. The molecule has 1 atom stereocenters. The van der Waals surface area contributed by atoms with Crippen LogP contribution in [0.15, 0.2) is 72.8 Å². The number of ether oxygens (including phenoxy) is 1. The Hall–Kier alpha value is -3.87. The molecule has 0 aromatic heterocycles. The van der Waals surface area contributed by atoms with E-state index in [-0.39, 0.29) is 11.6 Å². The van der Waals surface area contributed by atoms with Crippen molar-refractivity contribution >= 4 is 23.0 Å². The van der Waals surface area contributed by atoms with Gasteiger partial charge >= 0.3 is 0 Å². The molecule has 0 spiro atoms. The lowest BCUT2D eigenvalue weighted by molar-refractivity contribution is -0.385. The van der Waals surface area contributed by atoms with E-state index < -0.39 is 11.1 Å². The highest BCUT2D eigenvalue weighted by molar-refractivity contribution is 6.12. The number of rotatable bonds is 4. The van der Waals surface area contributed by atoms with Crippen LogP contribution in [0.1, 0.15) is 22.1 Å². The summed E-state index contributed by atoms with van der Waals surface area (Å²) in [6.45, 7) is 0. The van der Waals surface area contributed by atoms with Gasteiger partial charge in [0.1, 0.15) is 11.9 Å². The number of nitrogens with zero attached hydrogens (tertiary/aromatic N) is 2. The summed E-state index contributed by atoms with van der Waals surface area (Å²) in [4.78, 5) is 26.0. The van der Waals surface area contributed by atoms with Crippen molar-refractivity contribution in [2.75, 3.05) is 17.3 Å². The number of hydrogen-bond acceptors (Lipinski definition) is 5. The number of benzene rings is 3. The highest BCUT2D eigenvalue weighted by atomic mass is 16.6. The number of nitrogens with one attached hydrogen (secondary N) is 1. The zero-order chi connectivity index (χ0) is 19.7. The highest BCUT2D eigenvalue weighted by Crippen LogP contribution is 2.39. The van der Waals surface area contributed by atoms with E-state index in [0.29, 0.717) is 28.3 Å². The van der Waals surface area contributed by atoms with Crippen molar-refractivity contribution in [2.24, 2.45) is 0 Å². The van der Waals surface area contributed by atoms with Crippen molar-refractivity contribution in [2.45, 2.75) is 6.17 Å². The van der Waals surface area contributed by atoms with Crippen molar-refractivity contribution in [3.05, 3.63) is 94.0 Å². The van der Waals surface area contributed by atoms with Crippen LogP contribution < -0.4 is 15.0 Å². The number of carbonyl (C=O) groups is 1. The molecular formula is C21H17N3O4. The Morgan fingerprint density at radius 1 is 1.00 bits per heavy atom. The number of hydrogen-bond donors (Lipinski definition) is 1. The highest BCUT2D eigenvalue weighted by Gasteiger charge is 2.37. The molecule has 3 aromatic rings. The van der Waals surface area contributed by atoms with Gasteiger partial charge in [-0.25, -0.2) is 0 Å². The van der Waals surface area contributed by atoms with Crippen LogP contribution >= 0.6 is 0 Å². The predicted molar refractivity (Wildman–Crippen MR) is 106 cm³/mol. The van der Waals surface area contributed by atoms with Gasteiger partial charge in [0.25, 0.3) is 11.6 Å². The standard InChI is InChI=1S/C21H17N3O4/c1-28-15-12-10-14(11-13-15)23-20(17-7-3-5-9-19(17)24(26)27)22-18-8-4-2-6-16(18)21(23)25/h2-13,20,22H,1H3. The maximum absolute atomic E-state index is 13.3. The summed E-state index contributed by atoms with van der Waals surface area (Å²) >= 11 is 0. The number of nitro benzene ring substituents is 1. The van der Waals surface area contributed by atoms with Crippen LogP contribution in [0, 0.1) is 10.1 Å². The van der Waals surface area contributed by atoms with Crippen LogP contribution in [0.2, 0.25) is 0 Å². The minimum absolute atomic E-state index is 0.0503. The van der Waals surface area contributed by atoms with E-state index in [9.17, 15) is 14.9 Å². The zero-order valence-electron chi connectivity index (χ0n) is 15.0. The summed E-state index contributed by atoms with van der Waals surface area (Å²) in [7, 11) is 1.56. The number of amides is 1. The minimum Gasteiger partial charge on any atom is -0.497 e. The Balaban J connectivity index is 1.89. The van der Waals surface area contributed by atoms with E-state index in [1.54, 1.807) is 67.8 Å². The Morgan fingerprint density at radius 2 is 1.68 bits per heavy atom. The average Bonchev–Trinajstić information content (AvgIpc) is 2.74. The topological polar surface area (TPSA) is 84.7 Å². The first-order valence-electron chi connectivity index (χ1n) is 8.66. The van der Waals surface area contributed by atoms with Crippen LogP contribution in [0.5, 0.6) is 5.75 Å². The first-order chi connectivity index (χ1) is 13.6. The molecule has 0 saturated heterocycles. The second-order valence-corrected chi connectivity index (χ2v) is 6.28. The summed E-state index contributed by atoms with van der Waals surface area (Å²) in [5.74, 6) is 0.423. The van der Waals surface area contributed by atoms with Crippen molar-refractivity contribution in [3.8, 4) is 5.75 Å². The number of para-hydroxylation sites is 2. The van der Waals surface area contributed by atoms with Gasteiger partial charge in [-0.2, -0.15) is 0 Å². The Labute approximate surface area is 161 Å². The smallest absolute Gasteiger partial charge is 0.276 e.